The predicted molar refractivity (Wildman–Crippen MR) is 127 cm³/mol. The first kappa shape index (κ1) is 23.3. The third-order valence-corrected chi connectivity index (χ3v) is 7.17. The number of likely N-dealkylation sites (tertiary alicyclic amines) is 1. The highest BCUT2D eigenvalue weighted by Crippen LogP contribution is 2.29. The summed E-state index contributed by atoms with van der Waals surface area (Å²) in [5.41, 5.74) is 4.89. The molecule has 3 aromatic rings. The van der Waals surface area contributed by atoms with Gasteiger partial charge in [-0.3, -0.25) is 4.90 Å². The third kappa shape index (κ3) is 5.29. The smallest absolute Gasteiger partial charge is 0.159 e. The summed E-state index contributed by atoms with van der Waals surface area (Å²) in [5.74, 6) is -0.0899. The monoisotopic (exact) mass is 469 g/mol. The minimum Gasteiger partial charge on any atom is -0.381 e. The molecule has 2 saturated heterocycles. The molecule has 182 valence electrons. The number of nitrogens with one attached hydrogen (secondary N) is 1. The molecule has 0 radical (unpaired) electrons. The van der Waals surface area contributed by atoms with Crippen molar-refractivity contribution >= 4 is 5.65 Å². The Morgan fingerprint density at radius 1 is 1.12 bits per heavy atom. The topological polar surface area (TPSA) is 54.7 Å². The van der Waals surface area contributed by atoms with Gasteiger partial charge in [0.15, 0.2) is 5.65 Å². The molecule has 2 aromatic heterocycles. The predicted octanol–water partition coefficient (Wildman–Crippen LogP) is 4.21. The number of fused-ring (bicyclic) bond motifs is 1. The Morgan fingerprint density at radius 2 is 1.91 bits per heavy atom. The first-order valence-corrected chi connectivity index (χ1v) is 12.4. The van der Waals surface area contributed by atoms with Gasteiger partial charge in [0.1, 0.15) is 11.6 Å². The van der Waals surface area contributed by atoms with Gasteiger partial charge in [0.05, 0.1) is 11.4 Å². The van der Waals surface area contributed by atoms with E-state index in [0.717, 1.165) is 93.7 Å². The van der Waals surface area contributed by atoms with E-state index in [9.17, 15) is 8.78 Å². The number of rotatable bonds is 7. The standard InChI is InChI=1S/C26H33F2N5O/c1-18-24(15-29-14-19-5-9-34-10-6-19)26-30-7-4-25(33(26)31-18)21-3-2-8-32(17-21)16-20-11-22(27)13-23(28)12-20/h4,7,11-13,19,21,29H,2-3,5-6,8-10,14-17H2,1H3/t21-/m0/s1. The van der Waals surface area contributed by atoms with Gasteiger partial charge in [-0.25, -0.2) is 18.3 Å². The van der Waals surface area contributed by atoms with Gasteiger partial charge < -0.3 is 10.1 Å². The lowest BCUT2D eigenvalue weighted by Crippen LogP contribution is -2.34. The van der Waals surface area contributed by atoms with Gasteiger partial charge in [-0.2, -0.15) is 5.10 Å². The first-order valence-electron chi connectivity index (χ1n) is 12.4. The van der Waals surface area contributed by atoms with E-state index in [0.29, 0.717) is 23.9 Å². The van der Waals surface area contributed by atoms with Crippen molar-refractivity contribution in [2.24, 2.45) is 5.92 Å². The van der Waals surface area contributed by atoms with Crippen molar-refractivity contribution in [2.75, 3.05) is 32.8 Å². The molecule has 34 heavy (non-hydrogen) atoms. The van der Waals surface area contributed by atoms with Crippen LogP contribution in [0.3, 0.4) is 0 Å². The number of benzene rings is 1. The Morgan fingerprint density at radius 3 is 2.71 bits per heavy atom. The van der Waals surface area contributed by atoms with Crippen LogP contribution in [0.4, 0.5) is 8.78 Å². The fraction of sp³-hybridized carbons (Fsp3) is 0.538. The fourth-order valence-electron chi connectivity index (χ4n) is 5.38. The van der Waals surface area contributed by atoms with Crippen molar-refractivity contribution in [2.45, 2.75) is 51.6 Å². The molecule has 4 heterocycles. The summed E-state index contributed by atoms with van der Waals surface area (Å²) in [4.78, 5) is 6.95. The summed E-state index contributed by atoms with van der Waals surface area (Å²) in [7, 11) is 0. The molecule has 0 spiro atoms. The van der Waals surface area contributed by atoms with Crippen LogP contribution in [0.2, 0.25) is 0 Å². The Bertz CT molecular complexity index is 1110. The van der Waals surface area contributed by atoms with E-state index in [4.69, 9.17) is 9.84 Å². The maximum absolute atomic E-state index is 13.6. The highest BCUT2D eigenvalue weighted by atomic mass is 19.1. The van der Waals surface area contributed by atoms with Crippen LogP contribution in [0.25, 0.3) is 5.65 Å². The second-order valence-electron chi connectivity index (χ2n) is 9.71. The molecule has 0 saturated carbocycles. The van der Waals surface area contributed by atoms with Crippen LogP contribution < -0.4 is 5.32 Å². The Hall–Kier alpha value is -2.42. The van der Waals surface area contributed by atoms with Crippen LogP contribution in [0.15, 0.2) is 30.5 Å². The lowest BCUT2D eigenvalue weighted by Gasteiger charge is -2.33. The van der Waals surface area contributed by atoms with Crippen molar-refractivity contribution in [3.05, 3.63) is 64.6 Å². The second-order valence-corrected chi connectivity index (χ2v) is 9.71. The molecule has 5 rings (SSSR count). The number of hydrogen-bond acceptors (Lipinski definition) is 5. The quantitative estimate of drug-likeness (QED) is 0.562. The molecule has 2 aliphatic heterocycles. The molecule has 6 nitrogen and oxygen atoms in total. The largest absolute Gasteiger partial charge is 0.381 e. The van der Waals surface area contributed by atoms with Gasteiger partial charge in [-0.15, -0.1) is 0 Å². The van der Waals surface area contributed by atoms with E-state index in [-0.39, 0.29) is 0 Å². The highest BCUT2D eigenvalue weighted by molar-refractivity contribution is 5.50. The Kier molecular flexibility index (Phi) is 7.18. The van der Waals surface area contributed by atoms with Crippen LogP contribution in [0.1, 0.15) is 54.1 Å². The van der Waals surface area contributed by atoms with Crippen molar-refractivity contribution in [1.29, 1.82) is 0 Å². The van der Waals surface area contributed by atoms with Gasteiger partial charge in [0.25, 0.3) is 0 Å². The molecule has 0 unspecified atom stereocenters. The van der Waals surface area contributed by atoms with Crippen LogP contribution in [-0.4, -0.2) is 52.3 Å². The number of ether oxygens (including phenoxy) is 1. The van der Waals surface area contributed by atoms with Crippen molar-refractivity contribution < 1.29 is 13.5 Å². The van der Waals surface area contributed by atoms with E-state index in [1.54, 1.807) is 0 Å². The zero-order chi connectivity index (χ0) is 23.5. The van der Waals surface area contributed by atoms with E-state index in [1.165, 1.54) is 12.1 Å². The maximum Gasteiger partial charge on any atom is 0.159 e. The minimum absolute atomic E-state index is 0.292. The van der Waals surface area contributed by atoms with Crippen LogP contribution >= 0.6 is 0 Å². The Balaban J connectivity index is 1.29. The fourth-order valence-corrected chi connectivity index (χ4v) is 5.38. The van der Waals surface area contributed by atoms with E-state index >= 15 is 0 Å². The molecular weight excluding hydrogens is 436 g/mol. The third-order valence-electron chi connectivity index (χ3n) is 7.17. The maximum atomic E-state index is 13.6. The molecule has 1 aromatic carbocycles. The molecule has 0 aliphatic carbocycles. The SMILES string of the molecule is Cc1nn2c([C@H]3CCCN(Cc4cc(F)cc(F)c4)C3)ccnc2c1CNCC1CCOCC1. The molecule has 1 atom stereocenters. The Labute approximate surface area is 199 Å². The molecule has 1 N–H and O–H groups in total. The van der Waals surface area contributed by atoms with Crippen LogP contribution in [0.5, 0.6) is 0 Å². The first-order chi connectivity index (χ1) is 16.6. The number of piperidine rings is 1. The summed E-state index contributed by atoms with van der Waals surface area (Å²) in [6, 6.07) is 5.84. The lowest BCUT2D eigenvalue weighted by atomic mass is 9.94. The minimum atomic E-state index is -0.524. The van der Waals surface area contributed by atoms with Gasteiger partial charge in [-0.1, -0.05) is 0 Å². The normalized spacial score (nSPS) is 20.3. The molecule has 2 aliphatic rings. The average molecular weight is 470 g/mol. The summed E-state index contributed by atoms with van der Waals surface area (Å²) >= 11 is 0. The van der Waals surface area contributed by atoms with E-state index in [2.05, 4.69) is 28.2 Å². The molecule has 0 amide bonds. The molecule has 2 fully saturated rings. The highest BCUT2D eigenvalue weighted by Gasteiger charge is 2.25. The van der Waals surface area contributed by atoms with Crippen molar-refractivity contribution in [1.82, 2.24) is 24.8 Å². The summed E-state index contributed by atoms with van der Waals surface area (Å²) in [6.07, 6.45) is 6.21. The van der Waals surface area contributed by atoms with Gasteiger partial charge in [0, 0.05) is 56.6 Å². The van der Waals surface area contributed by atoms with Crippen LogP contribution in [-0.2, 0) is 17.8 Å². The van der Waals surface area contributed by atoms with Crippen LogP contribution in [0, 0.1) is 24.5 Å². The van der Waals surface area contributed by atoms with Crippen molar-refractivity contribution in [3.8, 4) is 0 Å². The number of nitrogens with zero attached hydrogens (tertiary/aromatic N) is 4. The van der Waals surface area contributed by atoms with E-state index in [1.807, 2.05) is 10.7 Å². The summed E-state index contributed by atoms with van der Waals surface area (Å²) in [5, 5.41) is 8.48. The number of hydrogen-bond donors (Lipinski definition) is 1. The van der Waals surface area contributed by atoms with E-state index < -0.39 is 11.6 Å². The molecular formula is C26H33F2N5O. The average Bonchev–Trinajstić information content (AvgIpc) is 3.14. The summed E-state index contributed by atoms with van der Waals surface area (Å²) < 4.78 is 34.8. The molecule has 0 bridgehead atoms. The van der Waals surface area contributed by atoms with Gasteiger partial charge in [0.2, 0.25) is 0 Å². The zero-order valence-electron chi connectivity index (χ0n) is 19.8. The summed E-state index contributed by atoms with van der Waals surface area (Å²) in [6.45, 7) is 7.80. The number of aryl methyl sites for hydroxylation is 1. The second kappa shape index (κ2) is 10.5. The zero-order valence-corrected chi connectivity index (χ0v) is 19.8. The lowest BCUT2D eigenvalue weighted by molar-refractivity contribution is 0.0662. The van der Waals surface area contributed by atoms with Gasteiger partial charge in [-0.05, 0) is 75.4 Å². The number of aromatic nitrogens is 3. The number of halogens is 2. The van der Waals surface area contributed by atoms with Crippen molar-refractivity contribution in [3.63, 3.8) is 0 Å². The van der Waals surface area contributed by atoms with Gasteiger partial charge >= 0.3 is 0 Å². The molecule has 8 heteroatoms.